The molecule has 4 N–H and O–H groups in total. The lowest BCUT2D eigenvalue weighted by molar-refractivity contribution is -0.122. The summed E-state index contributed by atoms with van der Waals surface area (Å²) in [5, 5.41) is 0. The number of carbonyl (C=O) groups excluding carboxylic acids is 1. The van der Waals surface area contributed by atoms with Crippen LogP contribution in [0.2, 0.25) is 0 Å². The van der Waals surface area contributed by atoms with Crippen LogP contribution in [0.25, 0.3) is 0 Å². The highest BCUT2D eigenvalue weighted by atomic mass is 32.2. The first-order valence-electron chi connectivity index (χ1n) is 7.59. The lowest BCUT2D eigenvalue weighted by Gasteiger charge is -2.40. The molecular weight excluding hydrogens is 282 g/mol. The number of hydrogen-bond donors (Lipinski definition) is 2. The van der Waals surface area contributed by atoms with Crippen LogP contribution in [0.4, 0.5) is 5.69 Å². The van der Waals surface area contributed by atoms with Crippen molar-refractivity contribution in [2.75, 3.05) is 17.2 Å². The van der Waals surface area contributed by atoms with Crippen molar-refractivity contribution < 1.29 is 4.79 Å². The summed E-state index contributed by atoms with van der Waals surface area (Å²) < 4.78 is 0. The van der Waals surface area contributed by atoms with Crippen LogP contribution in [-0.2, 0) is 11.3 Å². The molecule has 1 aliphatic heterocycles. The monoisotopic (exact) mass is 307 g/mol. The lowest BCUT2D eigenvalue weighted by Crippen LogP contribution is -2.46. The minimum absolute atomic E-state index is 0.0608. The molecule has 4 nitrogen and oxygen atoms in total. The maximum Gasteiger partial charge on any atom is 0.222 e. The standard InChI is InChI=1S/C16H25N3OS/c1-3-21-15-6-4-5-14(13(15)9-17)19-10-12(16(18)20)8-7-11(19)2/h4-6,11-12H,3,7-10,17H2,1-2H3,(H2,18,20). The van der Waals surface area contributed by atoms with Crippen molar-refractivity contribution in [1.82, 2.24) is 0 Å². The minimum Gasteiger partial charge on any atom is -0.369 e. The van der Waals surface area contributed by atoms with Crippen molar-refractivity contribution >= 4 is 23.4 Å². The second kappa shape index (κ2) is 7.18. The Bertz CT molecular complexity index is 506. The van der Waals surface area contributed by atoms with Gasteiger partial charge in [0.05, 0.1) is 5.92 Å². The molecule has 2 unspecified atom stereocenters. The molecule has 2 rings (SSSR count). The second-order valence-corrected chi connectivity index (χ2v) is 6.87. The lowest BCUT2D eigenvalue weighted by atomic mass is 9.92. The van der Waals surface area contributed by atoms with Gasteiger partial charge in [0.2, 0.25) is 5.91 Å². The molecule has 0 aliphatic carbocycles. The van der Waals surface area contributed by atoms with E-state index in [0.29, 0.717) is 19.1 Å². The zero-order valence-corrected chi connectivity index (χ0v) is 13.7. The number of hydrogen-bond acceptors (Lipinski definition) is 4. The molecular formula is C16H25N3OS. The first-order chi connectivity index (χ1) is 10.1. The van der Waals surface area contributed by atoms with Gasteiger partial charge in [0.25, 0.3) is 0 Å². The highest BCUT2D eigenvalue weighted by molar-refractivity contribution is 7.99. The molecule has 0 radical (unpaired) electrons. The van der Waals surface area contributed by atoms with Gasteiger partial charge in [-0.05, 0) is 37.7 Å². The maximum atomic E-state index is 11.5. The van der Waals surface area contributed by atoms with Gasteiger partial charge in [-0.15, -0.1) is 11.8 Å². The van der Waals surface area contributed by atoms with Crippen LogP contribution in [-0.4, -0.2) is 24.2 Å². The van der Waals surface area contributed by atoms with Crippen molar-refractivity contribution in [3.05, 3.63) is 23.8 Å². The summed E-state index contributed by atoms with van der Waals surface area (Å²) in [4.78, 5) is 15.1. The van der Waals surface area contributed by atoms with Crippen molar-refractivity contribution in [2.45, 2.75) is 44.2 Å². The number of nitrogens with zero attached hydrogens (tertiary/aromatic N) is 1. The Kier molecular flexibility index (Phi) is 5.53. The second-order valence-electron chi connectivity index (χ2n) is 5.57. The van der Waals surface area contributed by atoms with Crippen LogP contribution < -0.4 is 16.4 Å². The molecule has 1 fully saturated rings. The maximum absolute atomic E-state index is 11.5. The average Bonchev–Trinajstić information content (AvgIpc) is 2.47. The van der Waals surface area contributed by atoms with E-state index in [1.807, 2.05) is 11.8 Å². The van der Waals surface area contributed by atoms with Gasteiger partial charge in [-0.1, -0.05) is 13.0 Å². The molecule has 116 valence electrons. The Morgan fingerprint density at radius 3 is 2.81 bits per heavy atom. The van der Waals surface area contributed by atoms with E-state index in [-0.39, 0.29) is 11.8 Å². The normalized spacial score (nSPS) is 22.3. The van der Waals surface area contributed by atoms with Crippen LogP contribution in [0, 0.1) is 5.92 Å². The summed E-state index contributed by atoms with van der Waals surface area (Å²) >= 11 is 1.81. The number of anilines is 1. The minimum atomic E-state index is -0.194. The molecule has 21 heavy (non-hydrogen) atoms. The van der Waals surface area contributed by atoms with Crippen LogP contribution in [0.5, 0.6) is 0 Å². The van der Waals surface area contributed by atoms with E-state index in [1.165, 1.54) is 10.5 Å². The zero-order valence-electron chi connectivity index (χ0n) is 12.8. The van der Waals surface area contributed by atoms with E-state index in [1.54, 1.807) is 0 Å². The Labute approximate surface area is 131 Å². The topological polar surface area (TPSA) is 72.3 Å². The molecule has 0 aromatic heterocycles. The van der Waals surface area contributed by atoms with Gasteiger partial charge in [0.15, 0.2) is 0 Å². The molecule has 1 aliphatic rings. The number of benzene rings is 1. The predicted molar refractivity (Wildman–Crippen MR) is 89.5 cm³/mol. The Morgan fingerprint density at radius 1 is 1.43 bits per heavy atom. The Balaban J connectivity index is 2.34. The largest absolute Gasteiger partial charge is 0.369 e. The summed E-state index contributed by atoms with van der Waals surface area (Å²) in [5.41, 5.74) is 13.8. The van der Waals surface area contributed by atoms with Crippen LogP contribution in [0.15, 0.2) is 23.1 Å². The van der Waals surface area contributed by atoms with Crippen molar-refractivity contribution in [3.8, 4) is 0 Å². The molecule has 1 heterocycles. The number of thioether (sulfide) groups is 1. The first-order valence-corrected chi connectivity index (χ1v) is 8.57. The Morgan fingerprint density at radius 2 is 2.19 bits per heavy atom. The van der Waals surface area contributed by atoms with Crippen molar-refractivity contribution in [2.24, 2.45) is 17.4 Å². The van der Waals surface area contributed by atoms with Gasteiger partial charge in [-0.2, -0.15) is 0 Å². The highest BCUT2D eigenvalue weighted by Gasteiger charge is 2.30. The van der Waals surface area contributed by atoms with E-state index in [4.69, 9.17) is 11.5 Å². The number of piperidine rings is 1. The molecule has 1 aromatic carbocycles. The number of carbonyl (C=O) groups is 1. The number of rotatable bonds is 5. The van der Waals surface area contributed by atoms with Gasteiger partial charge in [0, 0.05) is 35.3 Å². The highest BCUT2D eigenvalue weighted by Crippen LogP contribution is 2.34. The average molecular weight is 307 g/mol. The smallest absolute Gasteiger partial charge is 0.222 e. The van der Waals surface area contributed by atoms with Crippen LogP contribution >= 0.6 is 11.8 Å². The molecule has 0 saturated carbocycles. The predicted octanol–water partition coefficient (Wildman–Crippen LogP) is 2.35. The summed E-state index contributed by atoms with van der Waals surface area (Å²) in [7, 11) is 0. The zero-order chi connectivity index (χ0) is 15.4. The molecule has 1 amide bonds. The molecule has 1 saturated heterocycles. The van der Waals surface area contributed by atoms with Crippen LogP contribution in [0.3, 0.4) is 0 Å². The first kappa shape index (κ1) is 16.2. The summed E-state index contributed by atoms with van der Waals surface area (Å²) in [6.07, 6.45) is 1.87. The van der Waals surface area contributed by atoms with Gasteiger partial charge >= 0.3 is 0 Å². The molecule has 0 bridgehead atoms. The van der Waals surface area contributed by atoms with E-state index in [2.05, 4.69) is 36.9 Å². The van der Waals surface area contributed by atoms with Gasteiger partial charge < -0.3 is 16.4 Å². The number of amides is 1. The summed E-state index contributed by atoms with van der Waals surface area (Å²) in [6, 6.07) is 6.72. The van der Waals surface area contributed by atoms with Crippen molar-refractivity contribution in [3.63, 3.8) is 0 Å². The van der Waals surface area contributed by atoms with E-state index >= 15 is 0 Å². The number of nitrogens with two attached hydrogens (primary N) is 2. The summed E-state index contributed by atoms with van der Waals surface area (Å²) in [5.74, 6) is 0.769. The molecule has 0 spiro atoms. The Hall–Kier alpha value is -1.20. The molecule has 2 atom stereocenters. The third-order valence-electron chi connectivity index (χ3n) is 4.21. The van der Waals surface area contributed by atoms with Gasteiger partial charge in [-0.25, -0.2) is 0 Å². The van der Waals surface area contributed by atoms with Crippen LogP contribution in [0.1, 0.15) is 32.3 Å². The van der Waals surface area contributed by atoms with E-state index < -0.39 is 0 Å². The third kappa shape index (κ3) is 3.52. The molecule has 5 heteroatoms. The fourth-order valence-corrected chi connectivity index (χ4v) is 3.84. The van der Waals surface area contributed by atoms with Gasteiger partial charge in [-0.3, -0.25) is 4.79 Å². The third-order valence-corrected chi connectivity index (χ3v) is 5.19. The van der Waals surface area contributed by atoms with Gasteiger partial charge in [0.1, 0.15) is 0 Å². The fourth-order valence-electron chi connectivity index (χ4n) is 2.99. The fraction of sp³-hybridized carbons (Fsp3) is 0.562. The summed E-state index contributed by atoms with van der Waals surface area (Å²) in [6.45, 7) is 5.56. The van der Waals surface area contributed by atoms with Crippen molar-refractivity contribution in [1.29, 1.82) is 0 Å². The number of primary amides is 1. The van der Waals surface area contributed by atoms with E-state index in [0.717, 1.165) is 24.3 Å². The molecule has 1 aromatic rings. The van der Waals surface area contributed by atoms with E-state index in [9.17, 15) is 4.79 Å². The quantitative estimate of drug-likeness (QED) is 0.819. The SMILES string of the molecule is CCSc1cccc(N2CC(C(N)=O)CCC2C)c1CN.